The van der Waals surface area contributed by atoms with Crippen molar-refractivity contribution in [2.45, 2.75) is 26.3 Å². The molecule has 2 aromatic carbocycles. The van der Waals surface area contributed by atoms with Gasteiger partial charge in [0.05, 0.1) is 30.4 Å². The van der Waals surface area contributed by atoms with Crippen LogP contribution in [0.3, 0.4) is 0 Å². The van der Waals surface area contributed by atoms with Gasteiger partial charge in [0.2, 0.25) is 0 Å². The number of aliphatic hydroxyl groups is 1. The number of carbonyl (C=O) groups excluding carboxylic acids is 2. The molecule has 2 aromatic rings. The van der Waals surface area contributed by atoms with Crippen LogP contribution in [0, 0.1) is 5.82 Å². The average Bonchev–Trinajstić information content (AvgIpc) is 3.05. The van der Waals surface area contributed by atoms with E-state index in [1.165, 1.54) is 30.2 Å². The molecular formula is C25H28FNO6. The Morgan fingerprint density at radius 1 is 1.09 bits per heavy atom. The Balaban J connectivity index is 2.18. The maximum absolute atomic E-state index is 14.8. The lowest BCUT2D eigenvalue weighted by atomic mass is 9.94. The fourth-order valence-electron chi connectivity index (χ4n) is 3.88. The molecule has 0 bridgehead atoms. The van der Waals surface area contributed by atoms with Crippen molar-refractivity contribution in [3.8, 4) is 11.5 Å². The lowest BCUT2D eigenvalue weighted by Crippen LogP contribution is -2.31. The minimum Gasteiger partial charge on any atom is -0.507 e. The maximum atomic E-state index is 14.8. The van der Waals surface area contributed by atoms with Crippen molar-refractivity contribution >= 4 is 17.4 Å². The Kier molecular flexibility index (Phi) is 8.06. The summed E-state index contributed by atoms with van der Waals surface area (Å²) >= 11 is 0. The number of hydrogen-bond acceptors (Lipinski definition) is 6. The fourth-order valence-corrected chi connectivity index (χ4v) is 3.88. The predicted molar refractivity (Wildman–Crippen MR) is 121 cm³/mol. The van der Waals surface area contributed by atoms with Crippen molar-refractivity contribution < 1.29 is 33.3 Å². The average molecular weight is 457 g/mol. The van der Waals surface area contributed by atoms with Gasteiger partial charge in [0.1, 0.15) is 23.1 Å². The van der Waals surface area contributed by atoms with Crippen LogP contribution in [-0.4, -0.2) is 55.2 Å². The standard InChI is InChI=1S/C25H28FNO6/c1-4-32-16-11-12-18(20(15-16)33-5-2)23(28)21-22(17-9-6-7-10-19(17)26)27(13-8-14-31-3)25(30)24(21)29/h6-7,9-12,15,22,28H,4-5,8,13-14H2,1-3H3/b23-21+. The van der Waals surface area contributed by atoms with Crippen LogP contribution in [0.2, 0.25) is 0 Å². The first kappa shape index (κ1) is 24.3. The highest BCUT2D eigenvalue weighted by Gasteiger charge is 2.46. The summed E-state index contributed by atoms with van der Waals surface area (Å²) < 4.78 is 31.0. The molecule has 0 radical (unpaired) electrons. The van der Waals surface area contributed by atoms with Gasteiger partial charge < -0.3 is 24.2 Å². The molecule has 176 valence electrons. The second-order valence-corrected chi connectivity index (χ2v) is 7.38. The van der Waals surface area contributed by atoms with Crippen LogP contribution in [0.15, 0.2) is 48.0 Å². The molecule has 1 aliphatic rings. The predicted octanol–water partition coefficient (Wildman–Crippen LogP) is 4.08. The summed E-state index contributed by atoms with van der Waals surface area (Å²) in [7, 11) is 1.53. The number of benzene rings is 2. The molecule has 0 spiro atoms. The summed E-state index contributed by atoms with van der Waals surface area (Å²) in [6.07, 6.45) is 0.446. The van der Waals surface area contributed by atoms with Crippen LogP contribution in [0.1, 0.15) is 37.4 Å². The highest BCUT2D eigenvalue weighted by atomic mass is 19.1. The first-order valence-electron chi connectivity index (χ1n) is 10.9. The molecule has 0 aliphatic carbocycles. The highest BCUT2D eigenvalue weighted by molar-refractivity contribution is 6.46. The molecule has 0 saturated carbocycles. The van der Waals surface area contributed by atoms with E-state index >= 15 is 0 Å². The Bertz CT molecular complexity index is 1050. The SMILES string of the molecule is CCOc1ccc(/C(O)=C2\C(=O)C(=O)N(CCCOC)C2c2ccccc2F)c(OCC)c1. The smallest absolute Gasteiger partial charge is 0.295 e. The fraction of sp³-hybridized carbons (Fsp3) is 0.360. The van der Waals surface area contributed by atoms with Crippen LogP contribution in [0.25, 0.3) is 5.76 Å². The summed E-state index contributed by atoms with van der Waals surface area (Å²) in [5.74, 6) is -1.87. The number of Topliss-reactive ketones (excluding diaryl/α,β-unsaturated/α-hetero) is 1. The Labute approximate surface area is 192 Å². The van der Waals surface area contributed by atoms with E-state index in [0.29, 0.717) is 37.7 Å². The number of nitrogens with zero attached hydrogens (tertiary/aromatic N) is 1. The third kappa shape index (κ3) is 5.01. The summed E-state index contributed by atoms with van der Waals surface area (Å²) in [6, 6.07) is 9.62. The molecule has 33 heavy (non-hydrogen) atoms. The molecule has 1 unspecified atom stereocenters. The molecule has 1 heterocycles. The molecular weight excluding hydrogens is 429 g/mol. The van der Waals surface area contributed by atoms with E-state index < -0.39 is 29.3 Å². The van der Waals surface area contributed by atoms with Gasteiger partial charge in [-0.3, -0.25) is 9.59 Å². The van der Waals surface area contributed by atoms with E-state index in [2.05, 4.69) is 0 Å². The van der Waals surface area contributed by atoms with Gasteiger partial charge in [0.15, 0.2) is 0 Å². The number of carbonyl (C=O) groups is 2. The molecule has 7 nitrogen and oxygen atoms in total. The first-order chi connectivity index (χ1) is 15.9. The first-order valence-corrected chi connectivity index (χ1v) is 10.9. The van der Waals surface area contributed by atoms with Gasteiger partial charge >= 0.3 is 0 Å². The van der Waals surface area contributed by atoms with E-state index in [-0.39, 0.29) is 23.2 Å². The number of ether oxygens (including phenoxy) is 3. The van der Waals surface area contributed by atoms with Crippen molar-refractivity contribution in [2.75, 3.05) is 33.5 Å². The second-order valence-electron chi connectivity index (χ2n) is 7.38. The third-order valence-electron chi connectivity index (χ3n) is 5.31. The van der Waals surface area contributed by atoms with Crippen LogP contribution < -0.4 is 9.47 Å². The number of aliphatic hydroxyl groups excluding tert-OH is 1. The lowest BCUT2D eigenvalue weighted by Gasteiger charge is -2.25. The molecule has 1 N–H and O–H groups in total. The van der Waals surface area contributed by atoms with E-state index in [9.17, 15) is 19.1 Å². The quantitative estimate of drug-likeness (QED) is 0.250. The van der Waals surface area contributed by atoms with Gasteiger partial charge in [0.25, 0.3) is 11.7 Å². The second kappa shape index (κ2) is 11.0. The van der Waals surface area contributed by atoms with Crippen molar-refractivity contribution in [1.29, 1.82) is 0 Å². The topological polar surface area (TPSA) is 85.3 Å². The van der Waals surface area contributed by atoms with Gasteiger partial charge in [0, 0.05) is 31.9 Å². The Morgan fingerprint density at radius 3 is 2.48 bits per heavy atom. The Hall–Kier alpha value is -3.39. The minimum atomic E-state index is -1.08. The van der Waals surface area contributed by atoms with Gasteiger partial charge in [-0.1, -0.05) is 18.2 Å². The molecule has 1 aliphatic heterocycles. The number of likely N-dealkylation sites (tertiary alicyclic amines) is 1. The molecule has 1 saturated heterocycles. The molecule has 1 atom stereocenters. The highest BCUT2D eigenvalue weighted by Crippen LogP contribution is 2.42. The van der Waals surface area contributed by atoms with Gasteiger partial charge in [-0.15, -0.1) is 0 Å². The zero-order valence-electron chi connectivity index (χ0n) is 19.0. The third-order valence-corrected chi connectivity index (χ3v) is 5.31. The van der Waals surface area contributed by atoms with Crippen LogP contribution in [-0.2, 0) is 14.3 Å². The monoisotopic (exact) mass is 457 g/mol. The number of halogens is 1. The van der Waals surface area contributed by atoms with Crippen molar-refractivity contribution in [1.82, 2.24) is 4.90 Å². The van der Waals surface area contributed by atoms with E-state index in [1.807, 2.05) is 6.92 Å². The molecule has 8 heteroatoms. The largest absolute Gasteiger partial charge is 0.507 e. The van der Waals surface area contributed by atoms with Gasteiger partial charge in [-0.05, 0) is 38.5 Å². The summed E-state index contributed by atoms with van der Waals surface area (Å²) in [5, 5.41) is 11.3. The number of methoxy groups -OCH3 is 1. The van der Waals surface area contributed by atoms with E-state index in [0.717, 1.165) is 0 Å². The zero-order chi connectivity index (χ0) is 24.0. The number of rotatable bonds is 10. The van der Waals surface area contributed by atoms with Crippen molar-refractivity contribution in [2.24, 2.45) is 0 Å². The molecule has 0 aromatic heterocycles. The molecule has 1 fully saturated rings. The normalized spacial score (nSPS) is 17.5. The molecule has 3 rings (SSSR count). The van der Waals surface area contributed by atoms with Gasteiger partial charge in [-0.2, -0.15) is 0 Å². The van der Waals surface area contributed by atoms with Crippen LogP contribution in [0.5, 0.6) is 11.5 Å². The number of hydrogen-bond donors (Lipinski definition) is 1. The zero-order valence-corrected chi connectivity index (χ0v) is 19.0. The molecule has 1 amide bonds. The van der Waals surface area contributed by atoms with Crippen LogP contribution >= 0.6 is 0 Å². The lowest BCUT2D eigenvalue weighted by molar-refractivity contribution is -0.140. The minimum absolute atomic E-state index is 0.125. The van der Waals surface area contributed by atoms with Gasteiger partial charge in [-0.25, -0.2) is 4.39 Å². The summed E-state index contributed by atoms with van der Waals surface area (Å²) in [4.78, 5) is 27.3. The van der Waals surface area contributed by atoms with Crippen molar-refractivity contribution in [3.05, 3.63) is 65.0 Å². The van der Waals surface area contributed by atoms with E-state index in [1.54, 1.807) is 31.2 Å². The van der Waals surface area contributed by atoms with Crippen molar-refractivity contribution in [3.63, 3.8) is 0 Å². The maximum Gasteiger partial charge on any atom is 0.295 e. The Morgan fingerprint density at radius 2 is 1.82 bits per heavy atom. The van der Waals surface area contributed by atoms with Crippen LogP contribution in [0.4, 0.5) is 4.39 Å². The number of ketones is 1. The summed E-state index contributed by atoms with van der Waals surface area (Å²) in [5.41, 5.74) is 0.156. The summed E-state index contributed by atoms with van der Waals surface area (Å²) in [6.45, 7) is 4.89. The van der Waals surface area contributed by atoms with E-state index in [4.69, 9.17) is 14.2 Å². The number of amides is 1.